The average Bonchev–Trinajstić information content (AvgIpc) is 3.25. The van der Waals surface area contributed by atoms with Gasteiger partial charge in [0.25, 0.3) is 22.5 Å². The Balaban J connectivity index is 1.44. The normalized spacial score (nSPS) is 11.0. The highest BCUT2D eigenvalue weighted by molar-refractivity contribution is 5.95. The number of fused-ring (bicyclic) bond motifs is 1. The lowest BCUT2D eigenvalue weighted by atomic mass is 10.1. The lowest BCUT2D eigenvalue weighted by Gasteiger charge is -2.11. The summed E-state index contributed by atoms with van der Waals surface area (Å²) < 4.78 is 0.915. The van der Waals surface area contributed by atoms with E-state index in [4.69, 9.17) is 5.73 Å². The summed E-state index contributed by atoms with van der Waals surface area (Å²) in [6, 6.07) is 8.20. The maximum absolute atomic E-state index is 12.5. The van der Waals surface area contributed by atoms with Gasteiger partial charge in [0.2, 0.25) is 0 Å². The van der Waals surface area contributed by atoms with Gasteiger partial charge in [-0.1, -0.05) is 29.4 Å². The SMILES string of the molecule is Nc1c(NCc2cccc(CNC(=O)c3cc(C(=O)O)n4nnnc4n3)c2)c(=O)c1=O. The Kier molecular flexibility index (Phi) is 4.83. The first-order valence-electron chi connectivity index (χ1n) is 8.86. The molecule has 0 bridgehead atoms. The Hall–Kier alpha value is -4.68. The smallest absolute Gasteiger partial charge is 0.354 e. The monoisotopic (exact) mass is 422 g/mol. The van der Waals surface area contributed by atoms with Gasteiger partial charge < -0.3 is 21.5 Å². The van der Waals surface area contributed by atoms with Crippen LogP contribution in [0.15, 0.2) is 39.9 Å². The number of carbonyl (C=O) groups excluding carboxylic acids is 1. The summed E-state index contributed by atoms with van der Waals surface area (Å²) >= 11 is 0. The Labute approximate surface area is 172 Å². The number of benzene rings is 1. The molecule has 0 aliphatic rings. The Morgan fingerprint density at radius 3 is 2.55 bits per heavy atom. The van der Waals surface area contributed by atoms with E-state index in [1.54, 1.807) is 24.3 Å². The van der Waals surface area contributed by atoms with Gasteiger partial charge in [0.05, 0.1) is 0 Å². The Morgan fingerprint density at radius 1 is 1.10 bits per heavy atom. The largest absolute Gasteiger partial charge is 0.477 e. The van der Waals surface area contributed by atoms with E-state index in [1.165, 1.54) is 0 Å². The zero-order chi connectivity index (χ0) is 22.1. The van der Waals surface area contributed by atoms with Gasteiger partial charge in [0, 0.05) is 19.2 Å². The van der Waals surface area contributed by atoms with Gasteiger partial charge in [0.1, 0.15) is 17.1 Å². The van der Waals surface area contributed by atoms with Crippen LogP contribution in [0.1, 0.15) is 32.1 Å². The van der Waals surface area contributed by atoms with Crippen molar-refractivity contribution in [2.45, 2.75) is 13.1 Å². The van der Waals surface area contributed by atoms with Gasteiger partial charge in [0.15, 0.2) is 5.69 Å². The highest BCUT2D eigenvalue weighted by Gasteiger charge is 2.19. The number of nitrogen functional groups attached to an aromatic ring is 1. The molecule has 0 aliphatic heterocycles. The van der Waals surface area contributed by atoms with E-state index in [1.807, 2.05) is 0 Å². The number of carboxylic acids is 1. The zero-order valence-electron chi connectivity index (χ0n) is 15.7. The maximum Gasteiger partial charge on any atom is 0.354 e. The van der Waals surface area contributed by atoms with Crippen LogP contribution >= 0.6 is 0 Å². The molecule has 31 heavy (non-hydrogen) atoms. The fourth-order valence-corrected chi connectivity index (χ4v) is 2.90. The second-order valence-corrected chi connectivity index (χ2v) is 6.53. The van der Waals surface area contributed by atoms with E-state index < -0.39 is 22.7 Å². The van der Waals surface area contributed by atoms with Crippen LogP contribution in [-0.2, 0) is 13.1 Å². The molecular weight excluding hydrogens is 408 g/mol. The van der Waals surface area contributed by atoms with Crippen molar-refractivity contribution in [3.05, 3.63) is 73.3 Å². The van der Waals surface area contributed by atoms with Crippen LogP contribution in [0.4, 0.5) is 11.4 Å². The van der Waals surface area contributed by atoms with Crippen molar-refractivity contribution in [3.63, 3.8) is 0 Å². The van der Waals surface area contributed by atoms with Crippen LogP contribution in [0.25, 0.3) is 5.78 Å². The molecule has 0 aliphatic carbocycles. The first-order valence-corrected chi connectivity index (χ1v) is 8.86. The molecule has 0 spiro atoms. The number of carboxylic acid groups (broad SMARTS) is 1. The molecule has 2 heterocycles. The Morgan fingerprint density at radius 2 is 1.84 bits per heavy atom. The minimum absolute atomic E-state index is 0.0820. The molecule has 4 rings (SSSR count). The molecule has 0 fully saturated rings. The molecule has 156 valence electrons. The van der Waals surface area contributed by atoms with Crippen molar-refractivity contribution in [2.24, 2.45) is 0 Å². The third-order valence-electron chi connectivity index (χ3n) is 4.49. The molecule has 1 amide bonds. The molecule has 5 N–H and O–H groups in total. The summed E-state index contributed by atoms with van der Waals surface area (Å²) in [6.45, 7) is 0.395. The number of nitrogens with one attached hydrogen (secondary N) is 2. The van der Waals surface area contributed by atoms with Gasteiger partial charge >= 0.3 is 5.97 Å². The first-order chi connectivity index (χ1) is 14.8. The molecule has 4 aromatic rings. The number of amides is 1. The van der Waals surface area contributed by atoms with Crippen LogP contribution in [0, 0.1) is 0 Å². The van der Waals surface area contributed by atoms with Crippen LogP contribution in [0.3, 0.4) is 0 Å². The number of hydrogen-bond donors (Lipinski definition) is 4. The third-order valence-corrected chi connectivity index (χ3v) is 4.49. The van der Waals surface area contributed by atoms with E-state index in [-0.39, 0.29) is 41.6 Å². The van der Waals surface area contributed by atoms with Crippen molar-refractivity contribution in [3.8, 4) is 0 Å². The fourth-order valence-electron chi connectivity index (χ4n) is 2.90. The highest BCUT2D eigenvalue weighted by Crippen LogP contribution is 2.13. The van der Waals surface area contributed by atoms with Crippen molar-refractivity contribution in [1.29, 1.82) is 0 Å². The molecular formula is C18H14N8O5. The van der Waals surface area contributed by atoms with Crippen molar-refractivity contribution < 1.29 is 14.7 Å². The van der Waals surface area contributed by atoms with Crippen LogP contribution < -0.4 is 27.2 Å². The Bertz CT molecular complexity index is 1400. The van der Waals surface area contributed by atoms with Gasteiger partial charge in [-0.15, -0.1) is 0 Å². The van der Waals surface area contributed by atoms with Gasteiger partial charge in [-0.25, -0.2) is 9.78 Å². The zero-order valence-corrected chi connectivity index (χ0v) is 15.7. The van der Waals surface area contributed by atoms with Gasteiger partial charge in [-0.05, 0) is 21.6 Å². The molecule has 0 unspecified atom stereocenters. The van der Waals surface area contributed by atoms with Gasteiger partial charge in [-0.3, -0.25) is 14.4 Å². The van der Waals surface area contributed by atoms with E-state index in [2.05, 4.69) is 31.1 Å². The molecule has 0 radical (unpaired) electrons. The summed E-state index contributed by atoms with van der Waals surface area (Å²) in [4.78, 5) is 50.4. The fraction of sp³-hybridized carbons (Fsp3) is 0.111. The number of nitrogens with zero attached hydrogens (tertiary/aromatic N) is 5. The number of carbonyl (C=O) groups is 2. The molecule has 13 nitrogen and oxygen atoms in total. The van der Waals surface area contributed by atoms with Crippen molar-refractivity contribution >= 4 is 29.0 Å². The van der Waals surface area contributed by atoms with E-state index in [9.17, 15) is 24.3 Å². The summed E-state index contributed by atoms with van der Waals surface area (Å²) in [5.41, 5.74) is 5.26. The summed E-state index contributed by atoms with van der Waals surface area (Å²) in [5, 5.41) is 25.2. The van der Waals surface area contributed by atoms with Crippen molar-refractivity contribution in [2.75, 3.05) is 11.1 Å². The van der Waals surface area contributed by atoms with Crippen LogP contribution in [0.2, 0.25) is 0 Å². The molecule has 2 aromatic heterocycles. The molecule has 2 aromatic carbocycles. The number of anilines is 2. The number of aromatic carboxylic acids is 1. The lowest BCUT2D eigenvalue weighted by Crippen LogP contribution is -2.36. The number of aromatic nitrogens is 5. The number of nitrogens with two attached hydrogens (primary N) is 1. The van der Waals surface area contributed by atoms with Crippen LogP contribution in [-0.4, -0.2) is 42.0 Å². The maximum atomic E-state index is 12.5. The van der Waals surface area contributed by atoms with E-state index >= 15 is 0 Å². The molecule has 0 saturated heterocycles. The second kappa shape index (κ2) is 7.62. The topological polar surface area (TPSA) is 195 Å². The van der Waals surface area contributed by atoms with Crippen molar-refractivity contribution in [1.82, 2.24) is 30.3 Å². The average molecular weight is 422 g/mol. The lowest BCUT2D eigenvalue weighted by molar-refractivity contribution is 0.0687. The molecule has 0 atom stereocenters. The quantitative estimate of drug-likeness (QED) is 0.265. The van der Waals surface area contributed by atoms with Gasteiger partial charge in [-0.2, -0.15) is 4.52 Å². The predicted molar refractivity (Wildman–Crippen MR) is 106 cm³/mol. The third kappa shape index (κ3) is 3.66. The summed E-state index contributed by atoms with van der Waals surface area (Å²) in [7, 11) is 0. The minimum Gasteiger partial charge on any atom is -0.477 e. The van der Waals surface area contributed by atoms with Crippen LogP contribution in [0.5, 0.6) is 0 Å². The summed E-state index contributed by atoms with van der Waals surface area (Å²) in [5.74, 6) is -2.03. The standard InChI is InChI=1S/C18H14N8O5/c19-12-13(15(28)14(12)27)20-6-8-2-1-3-9(4-8)7-21-16(29)10-5-11(17(30)31)26-18(22-10)23-24-25-26/h1-5,20H,6-7,19H2,(H,21,29)(H,30,31). The second-order valence-electron chi connectivity index (χ2n) is 6.53. The summed E-state index contributed by atoms with van der Waals surface area (Å²) in [6.07, 6.45) is 0. The van der Waals surface area contributed by atoms with E-state index in [0.29, 0.717) is 0 Å². The number of hydrogen-bond acceptors (Lipinski definition) is 10. The first kappa shape index (κ1) is 19.6. The highest BCUT2D eigenvalue weighted by atomic mass is 16.4. The number of tetrazole rings is 1. The van der Waals surface area contributed by atoms with E-state index in [0.717, 1.165) is 21.7 Å². The minimum atomic E-state index is -1.31. The molecule has 0 saturated carbocycles. The number of rotatable bonds is 7. The predicted octanol–water partition coefficient (Wildman–Crippen LogP) is -1.06. The molecule has 13 heteroatoms.